The van der Waals surface area contributed by atoms with E-state index in [9.17, 15) is 4.79 Å². The first-order valence-electron chi connectivity index (χ1n) is 10.6. The summed E-state index contributed by atoms with van der Waals surface area (Å²) in [4.78, 5) is 13.5. The van der Waals surface area contributed by atoms with Gasteiger partial charge >= 0.3 is 0 Å². The Kier molecular flexibility index (Phi) is 5.64. The molecule has 0 aliphatic carbocycles. The average molecular weight is 413 g/mol. The molecule has 1 aliphatic rings. The molecular weight excluding hydrogens is 384 g/mol. The van der Waals surface area contributed by atoms with Crippen LogP contribution in [-0.2, 0) is 5.41 Å². The molecule has 1 aliphatic heterocycles. The van der Waals surface area contributed by atoms with Crippen molar-refractivity contribution in [3.8, 4) is 5.75 Å². The normalized spacial score (nSPS) is 16.2. The molecule has 0 saturated carbocycles. The van der Waals surface area contributed by atoms with Crippen LogP contribution in [0, 0.1) is 0 Å². The van der Waals surface area contributed by atoms with Crippen LogP contribution in [0.3, 0.4) is 0 Å². The van der Waals surface area contributed by atoms with Crippen LogP contribution in [0.25, 0.3) is 0 Å². The molecule has 158 valence electrons. The van der Waals surface area contributed by atoms with Gasteiger partial charge in [0.25, 0.3) is 5.91 Å². The van der Waals surface area contributed by atoms with Crippen molar-refractivity contribution in [2.75, 3.05) is 7.11 Å². The summed E-state index contributed by atoms with van der Waals surface area (Å²) in [6.45, 7) is 6.50. The molecule has 0 aromatic heterocycles. The van der Waals surface area contributed by atoms with Crippen LogP contribution in [0.15, 0.2) is 84.0 Å². The number of rotatable bonds is 4. The Balaban J connectivity index is 1.69. The summed E-state index contributed by atoms with van der Waals surface area (Å²) in [5.74, 6) is 0.703. The number of ether oxygens (including phenoxy) is 1. The van der Waals surface area contributed by atoms with E-state index in [4.69, 9.17) is 9.84 Å². The Morgan fingerprint density at radius 3 is 2.16 bits per heavy atom. The fourth-order valence-electron chi connectivity index (χ4n) is 3.83. The summed E-state index contributed by atoms with van der Waals surface area (Å²) in [6, 6.07) is 25.7. The highest BCUT2D eigenvalue weighted by molar-refractivity contribution is 6.05. The minimum absolute atomic E-state index is 0.0412. The zero-order chi connectivity index (χ0) is 22.0. The molecule has 0 N–H and O–H groups in total. The Labute approximate surface area is 184 Å². The standard InChI is InChI=1S/C27H28N2O2/c1-27(2,3)22-14-10-21(11-15-22)26(30)29-25(20-12-16-23(31-4)17-13-20)18-24(28-29)19-8-6-5-7-9-19/h5-17,25H,18H2,1-4H3. The van der Waals surface area contributed by atoms with Gasteiger partial charge in [-0.3, -0.25) is 4.79 Å². The lowest BCUT2D eigenvalue weighted by molar-refractivity contribution is 0.0711. The van der Waals surface area contributed by atoms with Crippen molar-refractivity contribution in [3.63, 3.8) is 0 Å². The predicted octanol–water partition coefficient (Wildman–Crippen LogP) is 5.98. The number of hydrogen-bond donors (Lipinski definition) is 0. The van der Waals surface area contributed by atoms with Crippen molar-refractivity contribution in [2.24, 2.45) is 5.10 Å². The highest BCUT2D eigenvalue weighted by atomic mass is 16.5. The SMILES string of the molecule is COc1ccc(C2CC(c3ccccc3)=NN2C(=O)c2ccc(C(C)(C)C)cc2)cc1. The van der Waals surface area contributed by atoms with Crippen LogP contribution in [0.4, 0.5) is 0 Å². The molecule has 1 amide bonds. The third-order valence-corrected chi connectivity index (χ3v) is 5.72. The van der Waals surface area contributed by atoms with Gasteiger partial charge in [0.2, 0.25) is 0 Å². The number of hydrogen-bond acceptors (Lipinski definition) is 3. The van der Waals surface area contributed by atoms with E-state index in [1.807, 2.05) is 78.9 Å². The average Bonchev–Trinajstić information content (AvgIpc) is 3.24. The van der Waals surface area contributed by atoms with Crippen molar-refractivity contribution in [1.29, 1.82) is 0 Å². The molecule has 1 heterocycles. The van der Waals surface area contributed by atoms with E-state index in [1.54, 1.807) is 12.1 Å². The Hall–Kier alpha value is -3.40. The van der Waals surface area contributed by atoms with Crippen molar-refractivity contribution in [2.45, 2.75) is 38.6 Å². The molecule has 3 aromatic rings. The molecule has 1 atom stereocenters. The van der Waals surface area contributed by atoms with E-state index in [-0.39, 0.29) is 17.4 Å². The maximum Gasteiger partial charge on any atom is 0.274 e. The lowest BCUT2D eigenvalue weighted by Crippen LogP contribution is -2.27. The lowest BCUT2D eigenvalue weighted by Gasteiger charge is -2.23. The minimum atomic E-state index is -0.157. The summed E-state index contributed by atoms with van der Waals surface area (Å²) in [7, 11) is 1.65. The van der Waals surface area contributed by atoms with Crippen LogP contribution in [0.2, 0.25) is 0 Å². The van der Waals surface area contributed by atoms with Gasteiger partial charge in [0.05, 0.1) is 18.9 Å². The first-order chi connectivity index (χ1) is 14.9. The largest absolute Gasteiger partial charge is 0.497 e. The summed E-state index contributed by atoms with van der Waals surface area (Å²) < 4.78 is 5.30. The van der Waals surface area contributed by atoms with Crippen LogP contribution < -0.4 is 4.74 Å². The number of methoxy groups -OCH3 is 1. The molecule has 4 heteroatoms. The lowest BCUT2D eigenvalue weighted by atomic mass is 9.86. The van der Waals surface area contributed by atoms with Gasteiger partial charge in [-0.1, -0.05) is 75.4 Å². The van der Waals surface area contributed by atoms with Crippen molar-refractivity contribution < 1.29 is 9.53 Å². The second kappa shape index (κ2) is 8.38. The molecule has 0 saturated heterocycles. The van der Waals surface area contributed by atoms with E-state index >= 15 is 0 Å². The maximum atomic E-state index is 13.5. The third-order valence-electron chi connectivity index (χ3n) is 5.72. The van der Waals surface area contributed by atoms with E-state index in [0.29, 0.717) is 12.0 Å². The smallest absolute Gasteiger partial charge is 0.274 e. The summed E-state index contributed by atoms with van der Waals surface area (Å²) in [5, 5.41) is 6.41. The van der Waals surface area contributed by atoms with Crippen molar-refractivity contribution in [1.82, 2.24) is 5.01 Å². The number of benzene rings is 3. The van der Waals surface area contributed by atoms with Gasteiger partial charge in [0.1, 0.15) is 5.75 Å². The number of nitrogens with zero attached hydrogens (tertiary/aromatic N) is 2. The second-order valence-corrected chi connectivity index (χ2v) is 8.88. The molecule has 0 fully saturated rings. The third kappa shape index (κ3) is 4.38. The fraction of sp³-hybridized carbons (Fsp3) is 0.259. The van der Waals surface area contributed by atoms with Crippen molar-refractivity contribution >= 4 is 11.6 Å². The van der Waals surface area contributed by atoms with E-state index in [2.05, 4.69) is 20.8 Å². The molecular formula is C27H28N2O2. The maximum absolute atomic E-state index is 13.5. The first kappa shape index (κ1) is 20.9. The summed E-state index contributed by atoms with van der Waals surface area (Å²) in [6.07, 6.45) is 0.669. The van der Waals surface area contributed by atoms with Crippen LogP contribution >= 0.6 is 0 Å². The summed E-state index contributed by atoms with van der Waals surface area (Å²) >= 11 is 0. The molecule has 31 heavy (non-hydrogen) atoms. The van der Waals surface area contributed by atoms with Gasteiger partial charge in [0, 0.05) is 12.0 Å². The van der Waals surface area contributed by atoms with Gasteiger partial charge in [-0.2, -0.15) is 5.10 Å². The first-order valence-corrected chi connectivity index (χ1v) is 10.6. The van der Waals surface area contributed by atoms with Gasteiger partial charge in [-0.05, 0) is 46.4 Å². The molecule has 0 radical (unpaired) electrons. The number of carbonyl (C=O) groups excluding carboxylic acids is 1. The van der Waals surface area contributed by atoms with Crippen LogP contribution in [0.5, 0.6) is 5.75 Å². The zero-order valence-corrected chi connectivity index (χ0v) is 18.5. The van der Waals surface area contributed by atoms with E-state index in [1.165, 1.54) is 5.56 Å². The van der Waals surface area contributed by atoms with E-state index < -0.39 is 0 Å². The number of carbonyl (C=O) groups is 1. The van der Waals surface area contributed by atoms with Gasteiger partial charge in [-0.25, -0.2) is 5.01 Å². The predicted molar refractivity (Wildman–Crippen MR) is 125 cm³/mol. The molecule has 0 bridgehead atoms. The van der Waals surface area contributed by atoms with Gasteiger partial charge in [-0.15, -0.1) is 0 Å². The Morgan fingerprint density at radius 2 is 1.58 bits per heavy atom. The highest BCUT2D eigenvalue weighted by Gasteiger charge is 2.33. The summed E-state index contributed by atoms with van der Waals surface area (Å²) in [5.41, 5.74) is 4.88. The Morgan fingerprint density at radius 1 is 0.935 bits per heavy atom. The molecule has 4 rings (SSSR count). The van der Waals surface area contributed by atoms with E-state index in [0.717, 1.165) is 22.6 Å². The zero-order valence-electron chi connectivity index (χ0n) is 18.5. The quantitative estimate of drug-likeness (QED) is 0.529. The fourth-order valence-corrected chi connectivity index (χ4v) is 3.83. The Bertz CT molecular complexity index is 1080. The monoisotopic (exact) mass is 412 g/mol. The number of amides is 1. The number of hydrazone groups is 1. The van der Waals surface area contributed by atoms with Crippen LogP contribution in [-0.4, -0.2) is 23.7 Å². The minimum Gasteiger partial charge on any atom is -0.497 e. The molecule has 0 spiro atoms. The van der Waals surface area contributed by atoms with Crippen molar-refractivity contribution in [3.05, 3.63) is 101 Å². The molecule has 3 aromatic carbocycles. The highest BCUT2D eigenvalue weighted by Crippen LogP contribution is 2.35. The van der Waals surface area contributed by atoms with Crippen LogP contribution in [0.1, 0.15) is 60.3 Å². The van der Waals surface area contributed by atoms with Gasteiger partial charge in [0.15, 0.2) is 0 Å². The van der Waals surface area contributed by atoms with Gasteiger partial charge < -0.3 is 4.74 Å². The molecule has 1 unspecified atom stereocenters. The second-order valence-electron chi connectivity index (χ2n) is 8.88. The molecule has 4 nitrogen and oxygen atoms in total. The topological polar surface area (TPSA) is 41.9 Å².